The molecule has 3 N–H and O–H groups in total. The molecule has 0 aliphatic rings. The molecular weight excluding hydrogens is 224 g/mol. The van der Waals surface area contributed by atoms with Gasteiger partial charge in [-0.3, -0.25) is 4.98 Å². The van der Waals surface area contributed by atoms with E-state index in [9.17, 15) is 0 Å². The number of benzene rings is 1. The van der Waals surface area contributed by atoms with E-state index in [0.717, 1.165) is 22.6 Å². The minimum Gasteiger partial charge on any atom is -0.353 e. The van der Waals surface area contributed by atoms with Gasteiger partial charge in [-0.25, -0.2) is 4.98 Å². The van der Waals surface area contributed by atoms with Gasteiger partial charge in [-0.05, 0) is 24.6 Å². The molecule has 0 unspecified atom stereocenters. The van der Waals surface area contributed by atoms with Crippen molar-refractivity contribution in [2.45, 2.75) is 13.5 Å². The lowest BCUT2D eigenvalue weighted by molar-refractivity contribution is 0.965. The van der Waals surface area contributed by atoms with Crippen LogP contribution in [0.25, 0.3) is 22.3 Å². The largest absolute Gasteiger partial charge is 0.353 e. The zero-order valence-electron chi connectivity index (χ0n) is 10.1. The Morgan fingerprint density at radius 3 is 2.94 bits per heavy atom. The average molecular weight is 238 g/mol. The van der Waals surface area contributed by atoms with E-state index in [0.29, 0.717) is 6.54 Å². The molecule has 0 atom stereocenters. The second kappa shape index (κ2) is 4.23. The maximum atomic E-state index is 5.58. The van der Waals surface area contributed by atoms with E-state index in [1.165, 1.54) is 10.9 Å². The van der Waals surface area contributed by atoms with Crippen molar-refractivity contribution in [2.75, 3.05) is 0 Å². The van der Waals surface area contributed by atoms with Crippen LogP contribution >= 0.6 is 0 Å². The van der Waals surface area contributed by atoms with E-state index in [-0.39, 0.29) is 0 Å². The van der Waals surface area contributed by atoms with Crippen LogP contribution in [0.15, 0.2) is 36.7 Å². The van der Waals surface area contributed by atoms with Crippen LogP contribution in [0, 0.1) is 6.92 Å². The number of hydrogen-bond donors (Lipinski definition) is 2. The summed E-state index contributed by atoms with van der Waals surface area (Å²) in [5.74, 6) is 0. The summed E-state index contributed by atoms with van der Waals surface area (Å²) >= 11 is 0. The number of nitrogens with zero attached hydrogens (tertiary/aromatic N) is 2. The van der Waals surface area contributed by atoms with Crippen LogP contribution in [0.5, 0.6) is 0 Å². The second-order valence-electron chi connectivity index (χ2n) is 4.32. The molecule has 1 aromatic carbocycles. The highest BCUT2D eigenvalue weighted by Gasteiger charge is 2.06. The third-order valence-corrected chi connectivity index (χ3v) is 3.05. The molecule has 4 nitrogen and oxygen atoms in total. The van der Waals surface area contributed by atoms with Gasteiger partial charge in [0, 0.05) is 23.6 Å². The summed E-state index contributed by atoms with van der Waals surface area (Å²) in [7, 11) is 0. The third kappa shape index (κ3) is 1.76. The summed E-state index contributed by atoms with van der Waals surface area (Å²) in [6.45, 7) is 2.50. The number of aryl methyl sites for hydroxylation is 1. The summed E-state index contributed by atoms with van der Waals surface area (Å²) in [5.41, 5.74) is 10.5. The van der Waals surface area contributed by atoms with Gasteiger partial charge in [0.15, 0.2) is 0 Å². The van der Waals surface area contributed by atoms with Crippen molar-refractivity contribution in [3.05, 3.63) is 47.9 Å². The van der Waals surface area contributed by atoms with Crippen molar-refractivity contribution in [1.82, 2.24) is 15.0 Å². The van der Waals surface area contributed by atoms with Crippen LogP contribution in [0.3, 0.4) is 0 Å². The maximum absolute atomic E-state index is 5.58. The van der Waals surface area contributed by atoms with E-state index in [1.54, 1.807) is 12.4 Å². The van der Waals surface area contributed by atoms with Crippen LogP contribution < -0.4 is 5.73 Å². The predicted molar refractivity (Wildman–Crippen MR) is 72.0 cm³/mol. The highest BCUT2D eigenvalue weighted by atomic mass is 14.9. The van der Waals surface area contributed by atoms with Gasteiger partial charge < -0.3 is 10.7 Å². The minimum atomic E-state index is 0.403. The molecule has 0 spiro atoms. The molecule has 0 radical (unpaired) electrons. The van der Waals surface area contributed by atoms with Crippen molar-refractivity contribution in [3.63, 3.8) is 0 Å². The Bertz CT molecular complexity index is 700. The first-order valence-corrected chi connectivity index (χ1v) is 5.87. The Hall–Kier alpha value is -2.20. The summed E-state index contributed by atoms with van der Waals surface area (Å²) in [6.07, 6.45) is 3.44. The maximum Gasteiger partial charge on any atom is 0.105 e. The lowest BCUT2D eigenvalue weighted by Gasteiger charge is -1.99. The monoisotopic (exact) mass is 238 g/mol. The minimum absolute atomic E-state index is 0.403. The zero-order chi connectivity index (χ0) is 12.5. The average Bonchev–Trinajstić information content (AvgIpc) is 2.84. The molecule has 3 aromatic rings. The van der Waals surface area contributed by atoms with Crippen molar-refractivity contribution >= 4 is 10.9 Å². The first-order valence-electron chi connectivity index (χ1n) is 5.87. The third-order valence-electron chi connectivity index (χ3n) is 3.05. The number of fused-ring (bicyclic) bond motifs is 1. The van der Waals surface area contributed by atoms with Gasteiger partial charge in [-0.15, -0.1) is 0 Å². The Labute approximate surface area is 105 Å². The lowest BCUT2D eigenvalue weighted by Crippen LogP contribution is -2.01. The zero-order valence-corrected chi connectivity index (χ0v) is 10.1. The molecule has 0 aliphatic heterocycles. The standard InChI is InChI=1S/C14H14N4/c1-9-3-2-4-12-11(9)5-13(18-12)14-8-16-7-10(6-15)17-14/h2-5,7-8,18H,6,15H2,1H3. The topological polar surface area (TPSA) is 67.6 Å². The van der Waals surface area contributed by atoms with Crippen LogP contribution in [0.4, 0.5) is 0 Å². The molecule has 4 heteroatoms. The fourth-order valence-corrected chi connectivity index (χ4v) is 2.08. The second-order valence-corrected chi connectivity index (χ2v) is 4.32. The molecule has 2 aromatic heterocycles. The number of H-pyrrole nitrogens is 1. The molecule has 90 valence electrons. The summed E-state index contributed by atoms with van der Waals surface area (Å²) in [5, 5.41) is 1.22. The summed E-state index contributed by atoms with van der Waals surface area (Å²) < 4.78 is 0. The van der Waals surface area contributed by atoms with E-state index >= 15 is 0 Å². The molecule has 0 fully saturated rings. The predicted octanol–water partition coefficient (Wildman–Crippen LogP) is 2.39. The van der Waals surface area contributed by atoms with Gasteiger partial charge in [0.05, 0.1) is 17.6 Å². The molecule has 0 bridgehead atoms. The number of hydrogen-bond acceptors (Lipinski definition) is 3. The molecule has 2 heterocycles. The molecule has 18 heavy (non-hydrogen) atoms. The van der Waals surface area contributed by atoms with Gasteiger partial charge in [0.2, 0.25) is 0 Å². The fraction of sp³-hybridized carbons (Fsp3) is 0.143. The molecule has 3 rings (SSSR count). The number of aromatic amines is 1. The summed E-state index contributed by atoms with van der Waals surface area (Å²) in [6, 6.07) is 8.31. The van der Waals surface area contributed by atoms with Crippen LogP contribution in [0.1, 0.15) is 11.3 Å². The lowest BCUT2D eigenvalue weighted by atomic mass is 10.1. The molecule has 0 saturated carbocycles. The first kappa shape index (κ1) is 10.9. The van der Waals surface area contributed by atoms with Gasteiger partial charge in [0.25, 0.3) is 0 Å². The van der Waals surface area contributed by atoms with E-state index in [1.807, 2.05) is 6.07 Å². The fourth-order valence-electron chi connectivity index (χ4n) is 2.08. The molecule has 0 aliphatic carbocycles. The first-order chi connectivity index (χ1) is 8.78. The summed E-state index contributed by atoms with van der Waals surface area (Å²) in [4.78, 5) is 12.0. The molecule has 0 amide bonds. The highest BCUT2D eigenvalue weighted by molar-refractivity contribution is 5.87. The normalized spacial score (nSPS) is 11.0. The van der Waals surface area contributed by atoms with Crippen molar-refractivity contribution in [3.8, 4) is 11.4 Å². The smallest absolute Gasteiger partial charge is 0.105 e. The van der Waals surface area contributed by atoms with Crippen molar-refractivity contribution in [1.29, 1.82) is 0 Å². The van der Waals surface area contributed by atoms with E-state index in [2.05, 4.69) is 40.1 Å². The van der Waals surface area contributed by atoms with Crippen LogP contribution in [-0.4, -0.2) is 15.0 Å². The van der Waals surface area contributed by atoms with Gasteiger partial charge in [0.1, 0.15) is 5.69 Å². The number of aromatic nitrogens is 3. The Kier molecular flexibility index (Phi) is 2.57. The van der Waals surface area contributed by atoms with E-state index in [4.69, 9.17) is 5.73 Å². The van der Waals surface area contributed by atoms with Gasteiger partial charge in [-0.1, -0.05) is 12.1 Å². The highest BCUT2D eigenvalue weighted by Crippen LogP contribution is 2.24. The Morgan fingerprint density at radius 1 is 1.28 bits per heavy atom. The number of nitrogens with two attached hydrogens (primary N) is 1. The van der Waals surface area contributed by atoms with Crippen molar-refractivity contribution in [2.24, 2.45) is 5.73 Å². The van der Waals surface area contributed by atoms with Gasteiger partial charge in [-0.2, -0.15) is 0 Å². The number of nitrogens with one attached hydrogen (secondary N) is 1. The van der Waals surface area contributed by atoms with Crippen molar-refractivity contribution < 1.29 is 0 Å². The molecule has 0 saturated heterocycles. The number of rotatable bonds is 2. The van der Waals surface area contributed by atoms with Gasteiger partial charge >= 0.3 is 0 Å². The van der Waals surface area contributed by atoms with Crippen LogP contribution in [0.2, 0.25) is 0 Å². The Morgan fingerprint density at radius 2 is 2.17 bits per heavy atom. The van der Waals surface area contributed by atoms with Crippen LogP contribution in [-0.2, 0) is 6.54 Å². The Balaban J connectivity index is 2.16. The SMILES string of the molecule is Cc1cccc2[nH]c(-c3cncc(CN)n3)cc12. The van der Waals surface area contributed by atoms with E-state index < -0.39 is 0 Å². The quantitative estimate of drug-likeness (QED) is 0.720. The molecular formula is C14H14N4.